The molecule has 1 aromatic heterocycles. The second-order valence-corrected chi connectivity index (χ2v) is 9.50. The van der Waals surface area contributed by atoms with E-state index in [1.54, 1.807) is 12.1 Å². The van der Waals surface area contributed by atoms with Crippen molar-refractivity contribution in [2.45, 2.75) is 20.4 Å². The topological polar surface area (TPSA) is 71.4 Å². The molecule has 31 heavy (non-hydrogen) atoms. The molecule has 0 atom stereocenters. The van der Waals surface area contributed by atoms with Gasteiger partial charge in [0.05, 0.1) is 11.9 Å². The van der Waals surface area contributed by atoms with Crippen molar-refractivity contribution >= 4 is 49.1 Å². The molecule has 1 N–H and O–H groups in total. The maximum Gasteiger partial charge on any atom is 0.245 e. The van der Waals surface area contributed by atoms with Crippen molar-refractivity contribution in [1.82, 2.24) is 4.57 Å². The highest BCUT2D eigenvalue weighted by atomic mass is 32.2. The number of fused-ring (bicyclic) bond motifs is 3. The molecule has 4 rings (SSSR count). The molecule has 0 aliphatic heterocycles. The lowest BCUT2D eigenvalue weighted by Crippen LogP contribution is -2.37. The lowest BCUT2D eigenvalue weighted by atomic mass is 10.1. The molecule has 0 saturated heterocycles. The summed E-state index contributed by atoms with van der Waals surface area (Å²) < 4.78 is 28.1. The number of anilines is 2. The Kier molecular flexibility index (Phi) is 5.45. The van der Waals surface area contributed by atoms with Gasteiger partial charge in [-0.2, -0.15) is 0 Å². The summed E-state index contributed by atoms with van der Waals surface area (Å²) >= 11 is 0. The highest BCUT2D eigenvalue weighted by Gasteiger charge is 2.22. The molecular weight excluding hydrogens is 410 g/mol. The summed E-state index contributed by atoms with van der Waals surface area (Å²) in [7, 11) is -3.62. The molecule has 4 aromatic rings. The fourth-order valence-electron chi connectivity index (χ4n) is 4.03. The van der Waals surface area contributed by atoms with Gasteiger partial charge in [0.1, 0.15) is 6.54 Å². The van der Waals surface area contributed by atoms with E-state index in [-0.39, 0.29) is 6.54 Å². The van der Waals surface area contributed by atoms with Crippen molar-refractivity contribution in [1.29, 1.82) is 0 Å². The van der Waals surface area contributed by atoms with Crippen molar-refractivity contribution in [3.05, 3.63) is 72.3 Å². The zero-order valence-electron chi connectivity index (χ0n) is 17.8. The molecule has 0 aliphatic rings. The average molecular weight is 436 g/mol. The first-order chi connectivity index (χ1) is 14.8. The molecule has 7 heteroatoms. The van der Waals surface area contributed by atoms with Crippen LogP contribution in [0.25, 0.3) is 21.8 Å². The Hall–Kier alpha value is -3.32. The van der Waals surface area contributed by atoms with Crippen LogP contribution in [0.5, 0.6) is 0 Å². The third kappa shape index (κ3) is 4.01. The number of nitrogens with one attached hydrogen (secondary N) is 1. The number of rotatable bonds is 6. The number of carbonyl (C=O) groups excluding carboxylic acids is 1. The first-order valence-corrected chi connectivity index (χ1v) is 12.0. The molecule has 0 aliphatic carbocycles. The summed E-state index contributed by atoms with van der Waals surface area (Å²) in [6.07, 6.45) is 1.11. The van der Waals surface area contributed by atoms with Gasteiger partial charge in [-0.3, -0.25) is 9.10 Å². The second-order valence-electron chi connectivity index (χ2n) is 7.60. The molecule has 1 amide bonds. The smallest absolute Gasteiger partial charge is 0.245 e. The summed E-state index contributed by atoms with van der Waals surface area (Å²) in [5.41, 5.74) is 4.16. The molecule has 0 radical (unpaired) electrons. The standard InChI is InChI=1S/C24H25N3O3S/c1-4-26-22-12-8-6-10-19(22)20-15-18(13-14-23(20)26)25-24(28)16-27(31(3,29)30)21-11-7-5-9-17(21)2/h5-15H,4,16H2,1-3H3,(H,25,28). The largest absolute Gasteiger partial charge is 0.341 e. The number of sulfonamides is 1. The summed E-state index contributed by atoms with van der Waals surface area (Å²) in [6, 6.07) is 21.1. The van der Waals surface area contributed by atoms with Crippen LogP contribution in [0.2, 0.25) is 0 Å². The molecule has 1 heterocycles. The predicted molar refractivity (Wildman–Crippen MR) is 127 cm³/mol. The number of para-hydroxylation sites is 2. The van der Waals surface area contributed by atoms with Crippen molar-refractivity contribution < 1.29 is 13.2 Å². The number of aromatic nitrogens is 1. The number of nitrogens with zero attached hydrogens (tertiary/aromatic N) is 2. The number of hydrogen-bond acceptors (Lipinski definition) is 3. The third-order valence-electron chi connectivity index (χ3n) is 5.44. The molecule has 0 unspecified atom stereocenters. The van der Waals surface area contributed by atoms with Crippen LogP contribution in [0.4, 0.5) is 11.4 Å². The van der Waals surface area contributed by atoms with E-state index in [4.69, 9.17) is 0 Å². The van der Waals surface area contributed by atoms with E-state index in [2.05, 4.69) is 28.9 Å². The van der Waals surface area contributed by atoms with Crippen LogP contribution in [0, 0.1) is 6.92 Å². The van der Waals surface area contributed by atoms with E-state index in [9.17, 15) is 13.2 Å². The van der Waals surface area contributed by atoms with E-state index < -0.39 is 15.9 Å². The quantitative estimate of drug-likeness (QED) is 0.484. The van der Waals surface area contributed by atoms with Gasteiger partial charge >= 0.3 is 0 Å². The monoisotopic (exact) mass is 435 g/mol. The SMILES string of the molecule is CCn1c2ccccc2c2cc(NC(=O)CN(c3ccccc3C)S(C)(=O)=O)ccc21. The Balaban J connectivity index is 1.65. The molecule has 0 spiro atoms. The Morgan fingerprint density at radius 3 is 2.35 bits per heavy atom. The lowest BCUT2D eigenvalue weighted by Gasteiger charge is -2.23. The fraction of sp³-hybridized carbons (Fsp3) is 0.208. The normalized spacial score (nSPS) is 11.7. The number of amides is 1. The van der Waals surface area contributed by atoms with Gasteiger partial charge in [0.25, 0.3) is 0 Å². The Labute approximate surface area is 182 Å². The van der Waals surface area contributed by atoms with E-state index >= 15 is 0 Å². The van der Waals surface area contributed by atoms with Crippen LogP contribution in [0.3, 0.4) is 0 Å². The summed E-state index contributed by atoms with van der Waals surface area (Å²) in [5, 5.41) is 5.03. The van der Waals surface area contributed by atoms with Crippen LogP contribution < -0.4 is 9.62 Å². The molecule has 6 nitrogen and oxygen atoms in total. The highest BCUT2D eigenvalue weighted by Crippen LogP contribution is 2.31. The Morgan fingerprint density at radius 1 is 0.968 bits per heavy atom. The lowest BCUT2D eigenvalue weighted by molar-refractivity contribution is -0.114. The second kappa shape index (κ2) is 8.07. The van der Waals surface area contributed by atoms with Gasteiger partial charge in [0.15, 0.2) is 0 Å². The van der Waals surface area contributed by atoms with Crippen molar-refractivity contribution in [2.24, 2.45) is 0 Å². The van der Waals surface area contributed by atoms with E-state index in [0.717, 1.165) is 44.5 Å². The number of benzene rings is 3. The Morgan fingerprint density at radius 2 is 1.65 bits per heavy atom. The number of carbonyl (C=O) groups is 1. The minimum Gasteiger partial charge on any atom is -0.341 e. The minimum absolute atomic E-state index is 0.293. The van der Waals surface area contributed by atoms with Gasteiger partial charge in [-0.15, -0.1) is 0 Å². The number of aryl methyl sites for hydroxylation is 2. The highest BCUT2D eigenvalue weighted by molar-refractivity contribution is 7.92. The molecule has 3 aromatic carbocycles. The molecular formula is C24H25N3O3S. The van der Waals surface area contributed by atoms with Gasteiger partial charge in [-0.1, -0.05) is 36.4 Å². The maximum absolute atomic E-state index is 12.8. The minimum atomic E-state index is -3.62. The van der Waals surface area contributed by atoms with Crippen molar-refractivity contribution in [3.8, 4) is 0 Å². The van der Waals surface area contributed by atoms with Gasteiger partial charge in [0.2, 0.25) is 15.9 Å². The first-order valence-electron chi connectivity index (χ1n) is 10.1. The van der Waals surface area contributed by atoms with E-state index in [1.807, 2.05) is 49.4 Å². The van der Waals surface area contributed by atoms with Crippen molar-refractivity contribution in [3.63, 3.8) is 0 Å². The fourth-order valence-corrected chi connectivity index (χ4v) is 4.94. The van der Waals surface area contributed by atoms with Crippen LogP contribution >= 0.6 is 0 Å². The van der Waals surface area contributed by atoms with Crippen LogP contribution in [-0.4, -0.2) is 31.7 Å². The zero-order valence-corrected chi connectivity index (χ0v) is 18.6. The van der Waals surface area contributed by atoms with Crippen LogP contribution in [0.1, 0.15) is 12.5 Å². The zero-order chi connectivity index (χ0) is 22.2. The number of hydrogen-bond donors (Lipinski definition) is 1. The van der Waals surface area contributed by atoms with Crippen molar-refractivity contribution in [2.75, 3.05) is 22.4 Å². The van der Waals surface area contributed by atoms with E-state index in [0.29, 0.717) is 11.4 Å². The van der Waals surface area contributed by atoms with Gasteiger partial charge in [-0.05, 0) is 49.7 Å². The van der Waals surface area contributed by atoms with Gasteiger partial charge in [0, 0.05) is 34.0 Å². The van der Waals surface area contributed by atoms with Gasteiger partial charge in [-0.25, -0.2) is 8.42 Å². The van der Waals surface area contributed by atoms with E-state index in [1.165, 1.54) is 0 Å². The summed E-state index contributed by atoms with van der Waals surface area (Å²) in [6.45, 7) is 4.48. The molecule has 160 valence electrons. The average Bonchev–Trinajstić information content (AvgIpc) is 3.05. The molecule has 0 bridgehead atoms. The summed E-state index contributed by atoms with van der Waals surface area (Å²) in [5.74, 6) is -0.396. The molecule has 0 fully saturated rings. The Bertz CT molecular complexity index is 1390. The molecule has 0 saturated carbocycles. The predicted octanol–water partition coefficient (Wildman–Crippen LogP) is 4.53. The summed E-state index contributed by atoms with van der Waals surface area (Å²) in [4.78, 5) is 12.8. The first kappa shape index (κ1) is 20.9. The maximum atomic E-state index is 12.8. The third-order valence-corrected chi connectivity index (χ3v) is 6.57. The van der Waals surface area contributed by atoms with Gasteiger partial charge < -0.3 is 9.88 Å². The van der Waals surface area contributed by atoms with Crippen LogP contribution in [0.15, 0.2) is 66.7 Å². The van der Waals surface area contributed by atoms with Crippen LogP contribution in [-0.2, 0) is 21.4 Å².